The molecule has 19 nitrogen and oxygen atoms in total. The van der Waals surface area contributed by atoms with Gasteiger partial charge in [0, 0.05) is 6.42 Å². The minimum Gasteiger partial charge on any atom is -0.394 e. The van der Waals surface area contributed by atoms with E-state index in [1.165, 1.54) is 167 Å². The first-order valence-electron chi connectivity index (χ1n) is 42.5. The van der Waals surface area contributed by atoms with Gasteiger partial charge in [0.15, 0.2) is 18.9 Å². The van der Waals surface area contributed by atoms with Crippen molar-refractivity contribution >= 4 is 5.91 Å². The van der Waals surface area contributed by atoms with Crippen LogP contribution in [-0.4, -0.2) is 193 Å². The van der Waals surface area contributed by atoms with Gasteiger partial charge in [-0.2, -0.15) is 0 Å². The Hall–Kier alpha value is -3.29. The molecular weight excluding hydrogens is 1350 g/mol. The molecule has 0 saturated carbocycles. The van der Waals surface area contributed by atoms with Crippen LogP contribution in [-0.2, 0) is 33.2 Å². The Kier molecular flexibility index (Phi) is 60.6. The van der Waals surface area contributed by atoms with Gasteiger partial charge < -0.3 is 89.9 Å². The normalized spacial score (nSPS) is 26.1. The quantitative estimate of drug-likeness (QED) is 0.0199. The van der Waals surface area contributed by atoms with Crippen molar-refractivity contribution in [2.75, 3.05) is 26.4 Å². The average Bonchev–Trinajstić information content (AvgIpc) is 0.780. The largest absolute Gasteiger partial charge is 0.394 e. The molecule has 3 aliphatic heterocycles. The maximum absolute atomic E-state index is 13.5. The molecule has 0 radical (unpaired) electrons. The van der Waals surface area contributed by atoms with Gasteiger partial charge in [-0.15, -0.1) is 0 Å². The molecule has 17 atom stereocenters. The van der Waals surface area contributed by atoms with E-state index in [4.69, 9.17) is 28.4 Å². The smallest absolute Gasteiger partial charge is 0.220 e. The Labute approximate surface area is 641 Å². The molecule has 3 saturated heterocycles. The number of aliphatic hydroxyl groups is 11. The van der Waals surface area contributed by atoms with Gasteiger partial charge in [0.2, 0.25) is 5.91 Å². The number of amides is 1. The first-order valence-corrected chi connectivity index (χ1v) is 42.5. The van der Waals surface area contributed by atoms with Crippen LogP contribution >= 0.6 is 0 Å². The van der Waals surface area contributed by atoms with Crippen molar-refractivity contribution in [3.63, 3.8) is 0 Å². The highest BCUT2D eigenvalue weighted by molar-refractivity contribution is 5.76. The third-order valence-electron chi connectivity index (χ3n) is 20.7. The van der Waals surface area contributed by atoms with Crippen molar-refractivity contribution in [3.8, 4) is 0 Å². The van der Waals surface area contributed by atoms with Gasteiger partial charge in [-0.3, -0.25) is 4.79 Å². The summed E-state index contributed by atoms with van der Waals surface area (Å²) in [5.74, 6) is -0.257. The first kappa shape index (κ1) is 96.9. The Bertz CT molecular complexity index is 2290. The van der Waals surface area contributed by atoms with Crippen LogP contribution in [0.3, 0.4) is 0 Å². The standard InChI is InChI=1S/C87H153NO18/c1-3-5-7-9-11-13-15-17-19-21-23-25-27-29-31-33-35-37-39-41-43-45-47-49-51-53-55-57-59-61-63-65-75(93)88-70(71(92)64-62-60-58-56-54-52-50-48-46-44-42-40-38-36-34-32-30-28-26-24-22-20-18-16-14-12-10-8-6-4-2)69-101-85-81(99)78(96)83(73(67-90)103-85)106-87-82(100)79(97)84(74(68-91)104-87)105-86-80(98)77(95)76(94)72(66-89)102-86/h5,7,11,13,17,19,23,25,29,31,35,37,41,43,47,49,70-74,76-87,89-92,94-100H,3-4,6,8-10,12,14-16,18,20-22,24,26-28,30,32-34,36,38-40,42,44-46,48,50-69H2,1-2H3,(H,88,93)/b7-5-,13-11-,19-17-,25-23-,31-29-,37-35-,43-41-,49-47-. The zero-order valence-electron chi connectivity index (χ0n) is 65.9. The summed E-state index contributed by atoms with van der Waals surface area (Å²) in [6.07, 6.45) is 63.5. The number of carbonyl (C=O) groups excluding carboxylic acids is 1. The highest BCUT2D eigenvalue weighted by Gasteiger charge is 2.54. The third-order valence-corrected chi connectivity index (χ3v) is 20.7. The molecular formula is C87H153NO18. The fourth-order valence-electron chi connectivity index (χ4n) is 13.9. The zero-order chi connectivity index (χ0) is 76.7. The van der Waals surface area contributed by atoms with Crippen molar-refractivity contribution in [2.24, 2.45) is 0 Å². The number of nitrogens with one attached hydrogen (secondary N) is 1. The van der Waals surface area contributed by atoms with Crippen molar-refractivity contribution in [1.29, 1.82) is 0 Å². The molecule has 17 unspecified atom stereocenters. The molecule has 0 aromatic heterocycles. The topological polar surface area (TPSA) is 307 Å². The van der Waals surface area contributed by atoms with Gasteiger partial charge in [-0.05, 0) is 77.0 Å². The minimum atomic E-state index is -1.98. The van der Waals surface area contributed by atoms with Crippen LogP contribution < -0.4 is 5.32 Å². The van der Waals surface area contributed by atoms with E-state index in [1.807, 2.05) is 0 Å². The van der Waals surface area contributed by atoms with Crippen molar-refractivity contribution in [2.45, 2.75) is 420 Å². The first-order chi connectivity index (χ1) is 51.8. The molecule has 0 spiro atoms. The van der Waals surface area contributed by atoms with E-state index in [0.717, 1.165) is 116 Å². The van der Waals surface area contributed by atoms with Crippen molar-refractivity contribution in [3.05, 3.63) is 97.2 Å². The van der Waals surface area contributed by atoms with Crippen molar-refractivity contribution in [1.82, 2.24) is 5.32 Å². The highest BCUT2D eigenvalue weighted by atomic mass is 16.8. The highest BCUT2D eigenvalue weighted by Crippen LogP contribution is 2.33. The number of aliphatic hydroxyl groups excluding tert-OH is 11. The Morgan fingerprint density at radius 3 is 1.02 bits per heavy atom. The maximum Gasteiger partial charge on any atom is 0.220 e. The van der Waals surface area contributed by atoms with E-state index in [9.17, 15) is 61.0 Å². The second-order valence-electron chi connectivity index (χ2n) is 29.9. The Morgan fingerprint density at radius 2 is 0.651 bits per heavy atom. The molecule has 0 aliphatic carbocycles. The molecule has 1 amide bonds. The van der Waals surface area contributed by atoms with Gasteiger partial charge in [0.05, 0.1) is 38.6 Å². The lowest BCUT2D eigenvalue weighted by molar-refractivity contribution is -0.379. The number of carbonyl (C=O) groups is 1. The summed E-state index contributed by atoms with van der Waals surface area (Å²) in [7, 11) is 0. The van der Waals surface area contributed by atoms with Crippen molar-refractivity contribution < 1.29 is 89.4 Å². The average molecular weight is 1500 g/mol. The molecule has 3 heterocycles. The maximum atomic E-state index is 13.5. The second kappa shape index (κ2) is 66.3. The number of allylic oxidation sites excluding steroid dienone is 16. The molecule has 3 aliphatic rings. The number of rotatable bonds is 67. The van der Waals surface area contributed by atoms with Gasteiger partial charge in [0.25, 0.3) is 0 Å². The predicted molar refractivity (Wildman–Crippen MR) is 424 cm³/mol. The van der Waals surface area contributed by atoms with Gasteiger partial charge in [-0.1, -0.05) is 329 Å². The fraction of sp³-hybridized carbons (Fsp3) is 0.805. The lowest BCUT2D eigenvalue weighted by atomic mass is 9.96. The summed E-state index contributed by atoms with van der Waals surface area (Å²) in [5.41, 5.74) is 0. The van der Waals surface area contributed by atoms with E-state index in [0.29, 0.717) is 12.8 Å². The van der Waals surface area contributed by atoms with E-state index in [1.54, 1.807) is 0 Å². The molecule has 0 aromatic carbocycles. The lowest BCUT2D eigenvalue weighted by Crippen LogP contribution is -2.66. The summed E-state index contributed by atoms with van der Waals surface area (Å²) in [5, 5.41) is 121. The van der Waals surface area contributed by atoms with Crippen LogP contribution in [0, 0.1) is 0 Å². The van der Waals surface area contributed by atoms with E-state index >= 15 is 0 Å². The van der Waals surface area contributed by atoms with Crippen LogP contribution in [0.2, 0.25) is 0 Å². The third kappa shape index (κ3) is 45.3. The molecule has 106 heavy (non-hydrogen) atoms. The predicted octanol–water partition coefficient (Wildman–Crippen LogP) is 15.1. The molecule has 12 N–H and O–H groups in total. The number of hydrogen-bond acceptors (Lipinski definition) is 18. The Morgan fingerprint density at radius 1 is 0.349 bits per heavy atom. The van der Waals surface area contributed by atoms with E-state index < -0.39 is 124 Å². The Balaban J connectivity index is 1.37. The molecule has 3 rings (SSSR count). The summed E-state index contributed by atoms with van der Waals surface area (Å²) in [4.78, 5) is 13.5. The fourth-order valence-corrected chi connectivity index (χ4v) is 13.9. The van der Waals surface area contributed by atoms with E-state index in [2.05, 4.69) is 116 Å². The van der Waals surface area contributed by atoms with Crippen LogP contribution in [0.25, 0.3) is 0 Å². The zero-order valence-corrected chi connectivity index (χ0v) is 65.9. The summed E-state index contributed by atoms with van der Waals surface area (Å²) in [6.45, 7) is 1.71. The molecule has 0 aromatic rings. The molecule has 0 bridgehead atoms. The molecule has 614 valence electrons. The van der Waals surface area contributed by atoms with Gasteiger partial charge >= 0.3 is 0 Å². The van der Waals surface area contributed by atoms with Crippen LogP contribution in [0.4, 0.5) is 0 Å². The molecule has 19 heteroatoms. The number of ether oxygens (including phenoxy) is 6. The van der Waals surface area contributed by atoms with Crippen LogP contribution in [0.15, 0.2) is 97.2 Å². The van der Waals surface area contributed by atoms with Crippen LogP contribution in [0.1, 0.15) is 316 Å². The summed E-state index contributed by atoms with van der Waals surface area (Å²) < 4.78 is 34.5. The summed E-state index contributed by atoms with van der Waals surface area (Å²) >= 11 is 0. The monoisotopic (exact) mass is 1500 g/mol. The number of unbranched alkanes of at least 4 members (excludes halogenated alkanes) is 35. The molecule has 3 fully saturated rings. The minimum absolute atomic E-state index is 0.244. The van der Waals surface area contributed by atoms with E-state index in [-0.39, 0.29) is 18.9 Å². The SMILES string of the molecule is CC/C=C\C/C=C\C/C=C\C/C=C\C/C=C\C/C=C\C/C=C\C/C=C\CCCCCCCCC(=O)NC(COC1OC(CO)C(OC2OC(CO)C(OC3OC(CO)C(O)C(O)C3O)C(O)C2O)C(O)C1O)C(O)CCCCCCCCCCCCCCCCCCCCCCCCCCCCCCCC. The second-order valence-corrected chi connectivity index (χ2v) is 29.9. The van der Waals surface area contributed by atoms with Gasteiger partial charge in [-0.25, -0.2) is 0 Å². The lowest BCUT2D eigenvalue weighted by Gasteiger charge is -2.48. The van der Waals surface area contributed by atoms with Crippen LogP contribution in [0.5, 0.6) is 0 Å². The van der Waals surface area contributed by atoms with Gasteiger partial charge in [0.1, 0.15) is 73.2 Å². The summed E-state index contributed by atoms with van der Waals surface area (Å²) in [6, 6.07) is -0.905. The number of hydrogen-bond donors (Lipinski definition) is 12.